The molecule has 1 aliphatic heterocycles. The van der Waals surface area contributed by atoms with Crippen LogP contribution in [0.15, 0.2) is 0 Å². The van der Waals surface area contributed by atoms with Crippen LogP contribution in [0.2, 0.25) is 0 Å². The van der Waals surface area contributed by atoms with Gasteiger partial charge in [-0.1, -0.05) is 0 Å². The summed E-state index contributed by atoms with van der Waals surface area (Å²) in [6.45, 7) is 10.3. The third kappa shape index (κ3) is 4.18. The molecule has 0 bridgehead atoms. The lowest BCUT2D eigenvalue weighted by atomic mass is 9.91. The molecule has 4 heteroatoms. The van der Waals surface area contributed by atoms with Gasteiger partial charge in [-0.25, -0.2) is 0 Å². The largest absolute Gasteiger partial charge is 0.462 e. The topological polar surface area (TPSA) is 41.6 Å². The molecule has 4 nitrogen and oxygen atoms in total. The molecule has 1 aliphatic carbocycles. The molecule has 0 spiro atoms. The highest BCUT2D eigenvalue weighted by Gasteiger charge is 2.31. The van der Waals surface area contributed by atoms with Crippen LogP contribution in [0.25, 0.3) is 0 Å². The van der Waals surface area contributed by atoms with Crippen LogP contribution >= 0.6 is 0 Å². The fraction of sp³-hybridized carbons (Fsp3) is 0.933. The van der Waals surface area contributed by atoms with Crippen LogP contribution in [-0.2, 0) is 9.53 Å². The first-order valence-corrected chi connectivity index (χ1v) is 7.62. The number of carbonyl (C=O) groups is 1. The minimum Gasteiger partial charge on any atom is -0.462 e. The quantitative estimate of drug-likeness (QED) is 0.775. The average molecular weight is 268 g/mol. The maximum Gasteiger partial charge on any atom is 0.311 e. The number of hydrogen-bond donors (Lipinski definition) is 1. The molecule has 2 fully saturated rings. The summed E-state index contributed by atoms with van der Waals surface area (Å²) in [7, 11) is 0. The molecule has 0 atom stereocenters. The van der Waals surface area contributed by atoms with Crippen LogP contribution in [-0.4, -0.2) is 49.2 Å². The van der Waals surface area contributed by atoms with E-state index in [1.807, 2.05) is 20.8 Å². The molecule has 1 saturated carbocycles. The maximum atomic E-state index is 11.9. The molecule has 1 saturated heterocycles. The van der Waals surface area contributed by atoms with E-state index in [9.17, 15) is 4.79 Å². The van der Waals surface area contributed by atoms with Crippen LogP contribution in [0.3, 0.4) is 0 Å². The zero-order valence-corrected chi connectivity index (χ0v) is 12.6. The van der Waals surface area contributed by atoms with Gasteiger partial charge in [-0.05, 0) is 46.5 Å². The first kappa shape index (κ1) is 14.8. The maximum absolute atomic E-state index is 11.9. The summed E-state index contributed by atoms with van der Waals surface area (Å²) in [6.07, 6.45) is 4.53. The lowest BCUT2D eigenvalue weighted by Crippen LogP contribution is -2.50. The summed E-state index contributed by atoms with van der Waals surface area (Å²) in [5, 5.41) is 3.39. The van der Waals surface area contributed by atoms with Crippen molar-refractivity contribution in [2.24, 2.45) is 5.41 Å². The number of rotatable bonds is 2. The Bertz CT molecular complexity index is 298. The van der Waals surface area contributed by atoms with Crippen molar-refractivity contribution in [1.29, 1.82) is 0 Å². The second-order valence-electron chi connectivity index (χ2n) is 6.87. The fourth-order valence-electron chi connectivity index (χ4n) is 2.90. The van der Waals surface area contributed by atoms with Gasteiger partial charge in [0.05, 0.1) is 5.41 Å². The highest BCUT2D eigenvalue weighted by atomic mass is 16.5. The highest BCUT2D eigenvalue weighted by Crippen LogP contribution is 2.27. The van der Waals surface area contributed by atoms with Crippen molar-refractivity contribution in [1.82, 2.24) is 10.2 Å². The van der Waals surface area contributed by atoms with Crippen LogP contribution < -0.4 is 5.32 Å². The molecule has 110 valence electrons. The molecule has 0 amide bonds. The lowest BCUT2D eigenvalue weighted by Gasteiger charge is -2.39. The molecule has 1 heterocycles. The number of nitrogens with one attached hydrogen (secondary N) is 1. The van der Waals surface area contributed by atoms with Gasteiger partial charge in [0.25, 0.3) is 0 Å². The third-order valence-corrected chi connectivity index (χ3v) is 4.20. The summed E-state index contributed by atoms with van der Waals surface area (Å²) in [4.78, 5) is 14.5. The van der Waals surface area contributed by atoms with Gasteiger partial charge in [-0.15, -0.1) is 0 Å². The minimum atomic E-state index is -0.380. The van der Waals surface area contributed by atoms with Crippen molar-refractivity contribution in [2.75, 3.05) is 26.2 Å². The molecular formula is C15H28N2O2. The summed E-state index contributed by atoms with van der Waals surface area (Å²) in [5.74, 6) is -0.0573. The molecule has 0 aromatic carbocycles. The van der Waals surface area contributed by atoms with E-state index in [0.717, 1.165) is 39.0 Å². The van der Waals surface area contributed by atoms with Crippen LogP contribution in [0, 0.1) is 5.41 Å². The number of esters is 1. The summed E-state index contributed by atoms with van der Waals surface area (Å²) < 4.78 is 5.62. The average Bonchev–Trinajstić information content (AvgIpc) is 2.39. The zero-order valence-electron chi connectivity index (χ0n) is 12.6. The van der Waals surface area contributed by atoms with Crippen LogP contribution in [0.1, 0.15) is 46.5 Å². The molecule has 1 N–H and O–H groups in total. The third-order valence-electron chi connectivity index (χ3n) is 4.20. The fourth-order valence-corrected chi connectivity index (χ4v) is 2.90. The summed E-state index contributed by atoms with van der Waals surface area (Å²) >= 11 is 0. The molecule has 0 aromatic heterocycles. The SMILES string of the molecule is CC(C)(C)C(=O)OC1CCC(N2CCNCC2)CC1. The molecule has 0 radical (unpaired) electrons. The minimum absolute atomic E-state index is 0.0573. The van der Waals surface area contributed by atoms with Gasteiger partial charge in [0.1, 0.15) is 6.10 Å². The Balaban J connectivity index is 1.74. The molecule has 0 unspecified atom stereocenters. The molecule has 0 aromatic rings. The van der Waals surface area contributed by atoms with E-state index in [1.54, 1.807) is 0 Å². The Kier molecular flexibility index (Phi) is 4.85. The van der Waals surface area contributed by atoms with E-state index in [1.165, 1.54) is 12.8 Å². The van der Waals surface area contributed by atoms with Crippen LogP contribution in [0.5, 0.6) is 0 Å². The standard InChI is InChI=1S/C15H28N2O2/c1-15(2,3)14(18)19-13-6-4-12(5-7-13)17-10-8-16-9-11-17/h12-13,16H,4-11H2,1-3H3. The monoisotopic (exact) mass is 268 g/mol. The Hall–Kier alpha value is -0.610. The van der Waals surface area contributed by atoms with Crippen molar-refractivity contribution >= 4 is 5.97 Å². The molecule has 2 aliphatic rings. The van der Waals surface area contributed by atoms with E-state index < -0.39 is 0 Å². The van der Waals surface area contributed by atoms with Crippen molar-refractivity contribution in [2.45, 2.75) is 58.6 Å². The molecular weight excluding hydrogens is 240 g/mol. The van der Waals surface area contributed by atoms with Crippen molar-refractivity contribution in [3.8, 4) is 0 Å². The Morgan fingerprint density at radius 3 is 2.21 bits per heavy atom. The van der Waals surface area contributed by atoms with Gasteiger partial charge >= 0.3 is 5.97 Å². The van der Waals surface area contributed by atoms with Crippen molar-refractivity contribution in [3.63, 3.8) is 0 Å². The highest BCUT2D eigenvalue weighted by molar-refractivity contribution is 5.75. The van der Waals surface area contributed by atoms with Gasteiger partial charge < -0.3 is 10.1 Å². The molecule has 2 rings (SSSR count). The Morgan fingerprint density at radius 1 is 1.11 bits per heavy atom. The van der Waals surface area contributed by atoms with Gasteiger partial charge in [-0.2, -0.15) is 0 Å². The van der Waals surface area contributed by atoms with Crippen molar-refractivity contribution in [3.05, 3.63) is 0 Å². The van der Waals surface area contributed by atoms with Crippen molar-refractivity contribution < 1.29 is 9.53 Å². The van der Waals surface area contributed by atoms with E-state index >= 15 is 0 Å². The second-order valence-corrected chi connectivity index (χ2v) is 6.87. The van der Waals surface area contributed by atoms with E-state index in [-0.39, 0.29) is 17.5 Å². The second kappa shape index (κ2) is 6.23. The van der Waals surface area contributed by atoms with Crippen LogP contribution in [0.4, 0.5) is 0 Å². The first-order valence-electron chi connectivity index (χ1n) is 7.62. The van der Waals surface area contributed by atoms with Gasteiger partial charge in [-0.3, -0.25) is 9.69 Å². The zero-order chi connectivity index (χ0) is 13.9. The first-order chi connectivity index (χ1) is 8.97. The summed E-state index contributed by atoms with van der Waals surface area (Å²) in [6, 6.07) is 0.701. The number of ether oxygens (including phenoxy) is 1. The normalized spacial score (nSPS) is 30.1. The lowest BCUT2D eigenvalue weighted by molar-refractivity contribution is -0.160. The number of piperazine rings is 1. The summed E-state index contributed by atoms with van der Waals surface area (Å²) in [5.41, 5.74) is -0.380. The van der Waals surface area contributed by atoms with E-state index in [0.29, 0.717) is 6.04 Å². The Labute approximate surface area is 116 Å². The van der Waals surface area contributed by atoms with E-state index in [2.05, 4.69) is 10.2 Å². The number of carbonyl (C=O) groups excluding carboxylic acids is 1. The Morgan fingerprint density at radius 2 is 1.68 bits per heavy atom. The molecule has 19 heavy (non-hydrogen) atoms. The number of hydrogen-bond acceptors (Lipinski definition) is 4. The smallest absolute Gasteiger partial charge is 0.311 e. The predicted molar refractivity (Wildman–Crippen MR) is 76.0 cm³/mol. The van der Waals surface area contributed by atoms with Gasteiger partial charge in [0.15, 0.2) is 0 Å². The van der Waals surface area contributed by atoms with Gasteiger partial charge in [0.2, 0.25) is 0 Å². The van der Waals surface area contributed by atoms with E-state index in [4.69, 9.17) is 4.74 Å². The number of nitrogens with zero attached hydrogens (tertiary/aromatic N) is 1. The van der Waals surface area contributed by atoms with Gasteiger partial charge in [0, 0.05) is 32.2 Å². The predicted octanol–water partition coefficient (Wildman–Crippen LogP) is 1.79.